The summed E-state index contributed by atoms with van der Waals surface area (Å²) in [4.78, 5) is 18.9. The second-order valence-corrected chi connectivity index (χ2v) is 13.8. The van der Waals surface area contributed by atoms with Gasteiger partial charge in [0.1, 0.15) is 0 Å². The number of rotatable bonds is 5. The molecule has 0 bridgehead atoms. The monoisotopic (exact) mass is 258 g/mol. The van der Waals surface area contributed by atoms with Gasteiger partial charge in [-0.05, 0) is 11.5 Å². The van der Waals surface area contributed by atoms with Crippen molar-refractivity contribution in [1.82, 2.24) is 0 Å². The minimum Gasteiger partial charge on any atom is -0.330 e. The quantitative estimate of drug-likeness (QED) is 0.582. The molecule has 0 aromatic heterocycles. The fraction of sp³-hybridized carbons (Fsp3) is 1.00. The van der Waals surface area contributed by atoms with Gasteiger partial charge in [-0.25, -0.2) is 4.57 Å². The zero-order valence-corrected chi connectivity index (χ0v) is 12.3. The molecule has 0 heterocycles. The van der Waals surface area contributed by atoms with Crippen molar-refractivity contribution in [1.29, 1.82) is 0 Å². The van der Waals surface area contributed by atoms with E-state index in [9.17, 15) is 14.4 Å². The normalized spacial score (nSPS) is 20.1. The van der Waals surface area contributed by atoms with Gasteiger partial charge in [-0.15, -0.1) is 9.65 Å². The van der Waals surface area contributed by atoms with Crippen LogP contribution in [0.1, 0.15) is 13.8 Å². The molecule has 0 spiro atoms. The first-order chi connectivity index (χ1) is 6.40. The van der Waals surface area contributed by atoms with Crippen LogP contribution in [0.3, 0.4) is 0 Å². The summed E-state index contributed by atoms with van der Waals surface area (Å²) in [6.07, 6.45) is 1.77. The van der Waals surface area contributed by atoms with Crippen molar-refractivity contribution in [2.45, 2.75) is 19.1 Å². The van der Waals surface area contributed by atoms with Crippen LogP contribution in [0, 0.1) is 0 Å². The molecular formula is C9H25NO3PS+. The van der Waals surface area contributed by atoms with Crippen LogP contribution in [0.4, 0.5) is 0 Å². The average Bonchev–Trinajstić information content (AvgIpc) is 1.95. The van der Waals surface area contributed by atoms with Crippen LogP contribution in [-0.2, 0) is 4.57 Å². The highest BCUT2D eigenvalue weighted by molar-refractivity contribution is 8.76. The molecule has 0 aliphatic heterocycles. The van der Waals surface area contributed by atoms with Crippen molar-refractivity contribution in [2.75, 3.05) is 39.7 Å². The first kappa shape index (κ1) is 15.5. The fourth-order valence-corrected chi connectivity index (χ4v) is 5.87. The Morgan fingerprint density at radius 3 is 1.87 bits per heavy atom. The van der Waals surface area contributed by atoms with Gasteiger partial charge >= 0.3 is 6.80 Å². The topological polar surface area (TPSA) is 57.5 Å². The number of nitrogens with zero attached hydrogens (tertiary/aromatic N) is 1. The molecule has 94 valence electrons. The highest BCUT2D eigenvalue weighted by atomic mass is 32.8. The lowest BCUT2D eigenvalue weighted by atomic mass is 10.6. The lowest BCUT2D eigenvalue weighted by Gasteiger charge is -2.41. The molecule has 0 saturated carbocycles. The Kier molecular flexibility index (Phi) is 4.91. The molecule has 0 aliphatic rings. The van der Waals surface area contributed by atoms with Gasteiger partial charge < -0.3 is 14.3 Å². The van der Waals surface area contributed by atoms with Crippen LogP contribution < -0.4 is 0 Å². The Labute approximate surface area is 94.5 Å². The van der Waals surface area contributed by atoms with E-state index in [2.05, 4.69) is 0 Å². The molecule has 4 nitrogen and oxygen atoms in total. The van der Waals surface area contributed by atoms with E-state index < -0.39 is 16.4 Å². The second-order valence-electron chi connectivity index (χ2n) is 5.37. The van der Waals surface area contributed by atoms with Gasteiger partial charge in [0.2, 0.25) is 0 Å². The molecule has 0 aromatic rings. The van der Waals surface area contributed by atoms with Gasteiger partial charge in [0.25, 0.3) is 0 Å². The highest BCUT2D eigenvalue weighted by Crippen LogP contribution is 2.77. The summed E-state index contributed by atoms with van der Waals surface area (Å²) in [5.41, 5.74) is 0. The molecule has 0 saturated heterocycles. The van der Waals surface area contributed by atoms with Crippen molar-refractivity contribution >= 4 is 16.4 Å². The maximum atomic E-state index is 11.5. The van der Waals surface area contributed by atoms with Gasteiger partial charge in [0, 0.05) is 5.75 Å². The van der Waals surface area contributed by atoms with Gasteiger partial charge in [0.05, 0.1) is 27.7 Å². The van der Waals surface area contributed by atoms with E-state index in [0.29, 0.717) is 5.75 Å². The maximum Gasteiger partial charge on any atom is 0.367 e. The largest absolute Gasteiger partial charge is 0.367 e. The van der Waals surface area contributed by atoms with Crippen molar-refractivity contribution in [3.63, 3.8) is 0 Å². The number of hydrogen-bond donors (Lipinski definition) is 2. The summed E-state index contributed by atoms with van der Waals surface area (Å²) >= 11 is 0. The fourth-order valence-electron chi connectivity index (χ4n) is 1.09. The molecule has 1 unspecified atom stereocenters. The van der Waals surface area contributed by atoms with E-state index in [1.807, 2.05) is 35.0 Å². The lowest BCUT2D eigenvalue weighted by molar-refractivity contribution is -0.867. The second kappa shape index (κ2) is 4.76. The lowest BCUT2D eigenvalue weighted by Crippen LogP contribution is -2.38. The van der Waals surface area contributed by atoms with Crippen LogP contribution in [-0.4, -0.2) is 59.2 Å². The van der Waals surface area contributed by atoms with Crippen molar-refractivity contribution in [3.8, 4) is 0 Å². The third-order valence-electron chi connectivity index (χ3n) is 2.73. The first-order valence-corrected chi connectivity index (χ1v) is 9.50. The van der Waals surface area contributed by atoms with Gasteiger partial charge in [-0.3, -0.25) is 0 Å². The molecule has 15 heavy (non-hydrogen) atoms. The summed E-state index contributed by atoms with van der Waals surface area (Å²) in [7, 11) is 4.27. The summed E-state index contributed by atoms with van der Waals surface area (Å²) in [5.74, 6) is 0.623. The third-order valence-corrected chi connectivity index (χ3v) is 11.9. The number of quaternary nitrogens is 1. The summed E-state index contributed by atoms with van der Waals surface area (Å²) in [6.45, 7) is 0.658. The molecule has 0 amide bonds. The molecule has 0 radical (unpaired) electrons. The maximum absolute atomic E-state index is 11.5. The molecule has 0 aliphatic carbocycles. The van der Waals surface area contributed by atoms with Gasteiger partial charge in [0.15, 0.2) is 0 Å². The van der Waals surface area contributed by atoms with Crippen LogP contribution in [0.5, 0.6) is 0 Å². The molecular weight excluding hydrogens is 233 g/mol. The van der Waals surface area contributed by atoms with E-state index >= 15 is 0 Å². The minimum absolute atomic E-state index is 0.0601. The van der Waals surface area contributed by atoms with Crippen LogP contribution in [0.2, 0.25) is 0 Å². The predicted molar refractivity (Wildman–Crippen MR) is 68.5 cm³/mol. The summed E-state index contributed by atoms with van der Waals surface area (Å²) < 4.78 is 12.3. The summed E-state index contributed by atoms with van der Waals surface area (Å²) in [6, 6.07) is 0. The zero-order chi connectivity index (χ0) is 12.5. The molecule has 2 N–H and O–H groups in total. The van der Waals surface area contributed by atoms with Gasteiger partial charge in [-0.1, -0.05) is 13.8 Å². The number of hydrogen-bond acceptors (Lipinski definition) is 1. The van der Waals surface area contributed by atoms with E-state index in [4.69, 9.17) is 0 Å². The third kappa shape index (κ3) is 4.45. The van der Waals surface area contributed by atoms with Crippen molar-refractivity contribution < 1.29 is 18.8 Å². The van der Waals surface area contributed by atoms with Crippen molar-refractivity contribution in [3.05, 3.63) is 0 Å². The van der Waals surface area contributed by atoms with Crippen LogP contribution in [0.15, 0.2) is 0 Å². The first-order valence-electron chi connectivity index (χ1n) is 5.01. The Morgan fingerprint density at radius 2 is 1.67 bits per heavy atom. The molecule has 0 aromatic carbocycles. The Morgan fingerprint density at radius 1 is 1.27 bits per heavy atom. The Bertz CT molecular complexity index is 259. The SMILES string of the molecule is CC(C)S(C)(CC[N+](C)(C)C)P(=O)(O)O. The van der Waals surface area contributed by atoms with E-state index in [1.54, 1.807) is 6.26 Å². The molecule has 0 rings (SSSR count). The van der Waals surface area contributed by atoms with E-state index in [1.165, 1.54) is 0 Å². The minimum atomic E-state index is -3.96. The Balaban J connectivity index is 4.78. The standard InChI is InChI=1S/C9H24NO3PS/c1-9(2)15(6,14(11,12)13)8-7-10(3,4)5/h9H,7-8H2,1-6H3,(H-,11,12,13)/p+1. The summed E-state index contributed by atoms with van der Waals surface area (Å²) in [5, 5.41) is 0.0601. The molecule has 1 atom stereocenters. The van der Waals surface area contributed by atoms with E-state index in [-0.39, 0.29) is 5.25 Å². The van der Waals surface area contributed by atoms with E-state index in [0.717, 1.165) is 11.0 Å². The predicted octanol–water partition coefficient (Wildman–Crippen LogP) is 1.63. The van der Waals surface area contributed by atoms with Crippen LogP contribution in [0.25, 0.3) is 0 Å². The van der Waals surface area contributed by atoms with Crippen molar-refractivity contribution in [2.24, 2.45) is 0 Å². The molecule has 0 fully saturated rings. The Hall–Kier alpha value is 0.460. The van der Waals surface area contributed by atoms with Crippen LogP contribution >= 0.6 is 16.4 Å². The zero-order valence-electron chi connectivity index (χ0n) is 10.6. The smallest absolute Gasteiger partial charge is 0.330 e. The molecule has 6 heteroatoms. The van der Waals surface area contributed by atoms with Gasteiger partial charge in [-0.2, -0.15) is 0 Å². The highest BCUT2D eigenvalue weighted by Gasteiger charge is 2.40. The average molecular weight is 258 g/mol.